The fraction of sp³-hybridized carbons (Fsp3) is 0.350. The highest BCUT2D eigenvalue weighted by Gasteiger charge is 2.24. The van der Waals surface area contributed by atoms with Crippen molar-refractivity contribution in [2.24, 2.45) is 0 Å². The number of rotatable bonds is 5. The van der Waals surface area contributed by atoms with Crippen molar-refractivity contribution in [3.05, 3.63) is 52.8 Å². The monoisotopic (exact) mass is 440 g/mol. The van der Waals surface area contributed by atoms with Crippen LogP contribution >= 0.6 is 11.6 Å². The standard InChI is InChI=1S/C20H22ClFN2O4S/c1-28-19-9-7-15(13-16(19)20(25)24-10-4-2-3-5-11-24)29(26,27)23-14-6-8-18(22)17(21)12-14/h6-9,12-13,23H,2-5,10-11H2,1H3. The van der Waals surface area contributed by atoms with E-state index in [4.69, 9.17) is 16.3 Å². The van der Waals surface area contributed by atoms with Gasteiger partial charge >= 0.3 is 0 Å². The molecule has 0 spiro atoms. The summed E-state index contributed by atoms with van der Waals surface area (Å²) >= 11 is 5.72. The SMILES string of the molecule is COc1ccc(S(=O)(=O)Nc2ccc(F)c(Cl)c2)cc1C(=O)N1CCCCCC1. The topological polar surface area (TPSA) is 75.7 Å². The Hall–Kier alpha value is -2.32. The molecule has 1 aliphatic rings. The van der Waals surface area contributed by atoms with Gasteiger partial charge in [0.25, 0.3) is 15.9 Å². The van der Waals surface area contributed by atoms with E-state index in [1.54, 1.807) is 4.90 Å². The van der Waals surface area contributed by atoms with Crippen molar-refractivity contribution in [1.82, 2.24) is 4.90 Å². The third-order valence-electron chi connectivity index (χ3n) is 4.78. The van der Waals surface area contributed by atoms with Gasteiger partial charge < -0.3 is 9.64 Å². The lowest BCUT2D eigenvalue weighted by Crippen LogP contribution is -2.32. The quantitative estimate of drug-likeness (QED) is 0.751. The Labute approximate surface area is 174 Å². The van der Waals surface area contributed by atoms with Crippen LogP contribution in [0.15, 0.2) is 41.3 Å². The van der Waals surface area contributed by atoms with Crippen molar-refractivity contribution in [1.29, 1.82) is 0 Å². The molecule has 0 aliphatic carbocycles. The molecular weight excluding hydrogens is 419 g/mol. The minimum Gasteiger partial charge on any atom is -0.496 e. The molecule has 1 heterocycles. The Bertz CT molecular complexity index is 1010. The molecule has 0 bridgehead atoms. The summed E-state index contributed by atoms with van der Waals surface area (Å²) in [5.41, 5.74) is 0.307. The van der Waals surface area contributed by atoms with E-state index >= 15 is 0 Å². The van der Waals surface area contributed by atoms with E-state index in [1.165, 1.54) is 37.4 Å². The molecule has 1 saturated heterocycles. The first kappa shape index (κ1) is 21.4. The maximum atomic E-state index is 13.3. The molecule has 9 heteroatoms. The van der Waals surface area contributed by atoms with E-state index < -0.39 is 15.8 Å². The summed E-state index contributed by atoms with van der Waals surface area (Å²) in [6, 6.07) is 7.64. The molecule has 0 atom stereocenters. The first-order valence-electron chi connectivity index (χ1n) is 9.27. The molecule has 2 aromatic rings. The van der Waals surface area contributed by atoms with E-state index in [9.17, 15) is 17.6 Å². The van der Waals surface area contributed by atoms with Gasteiger partial charge in [0.1, 0.15) is 11.6 Å². The fourth-order valence-electron chi connectivity index (χ4n) is 3.24. The second-order valence-corrected chi connectivity index (χ2v) is 8.89. The van der Waals surface area contributed by atoms with Crippen molar-refractivity contribution in [2.45, 2.75) is 30.6 Å². The summed E-state index contributed by atoms with van der Waals surface area (Å²) < 4.78 is 46.5. The summed E-state index contributed by atoms with van der Waals surface area (Å²) in [7, 11) is -2.59. The number of halogens is 2. The van der Waals surface area contributed by atoms with Crippen molar-refractivity contribution in [3.8, 4) is 5.75 Å². The molecule has 1 aliphatic heterocycles. The molecule has 1 N–H and O–H groups in total. The maximum absolute atomic E-state index is 13.3. The highest BCUT2D eigenvalue weighted by Crippen LogP contribution is 2.27. The van der Waals surface area contributed by atoms with Crippen molar-refractivity contribution in [3.63, 3.8) is 0 Å². The number of benzene rings is 2. The van der Waals surface area contributed by atoms with E-state index in [-0.39, 0.29) is 27.1 Å². The van der Waals surface area contributed by atoms with Crippen LogP contribution in [-0.2, 0) is 10.0 Å². The van der Waals surface area contributed by atoms with E-state index in [2.05, 4.69) is 4.72 Å². The maximum Gasteiger partial charge on any atom is 0.261 e. The Kier molecular flexibility index (Phi) is 6.64. The second-order valence-electron chi connectivity index (χ2n) is 6.80. The van der Waals surface area contributed by atoms with Crippen molar-refractivity contribution >= 4 is 33.2 Å². The number of hydrogen-bond donors (Lipinski definition) is 1. The lowest BCUT2D eigenvalue weighted by molar-refractivity contribution is 0.0758. The minimum absolute atomic E-state index is 0.100. The zero-order chi connectivity index (χ0) is 21.0. The van der Waals surface area contributed by atoms with Gasteiger partial charge in [-0.05, 0) is 49.2 Å². The molecule has 0 saturated carbocycles. The molecule has 29 heavy (non-hydrogen) atoms. The number of ether oxygens (including phenoxy) is 1. The number of amides is 1. The molecule has 3 rings (SSSR count). The summed E-state index contributed by atoms with van der Waals surface area (Å²) in [6.45, 7) is 1.26. The van der Waals surface area contributed by atoms with Gasteiger partial charge in [0.05, 0.1) is 28.3 Å². The lowest BCUT2D eigenvalue weighted by atomic mass is 10.1. The van der Waals surface area contributed by atoms with Gasteiger partial charge in [0, 0.05) is 13.1 Å². The van der Waals surface area contributed by atoms with Gasteiger partial charge in [-0.25, -0.2) is 12.8 Å². The number of carbonyl (C=O) groups excluding carboxylic acids is 1. The predicted molar refractivity (Wildman–Crippen MR) is 110 cm³/mol. The number of sulfonamides is 1. The summed E-state index contributed by atoms with van der Waals surface area (Å²) in [5, 5.41) is -0.197. The fourth-order valence-corrected chi connectivity index (χ4v) is 4.50. The van der Waals surface area contributed by atoms with Crippen LogP contribution in [0.5, 0.6) is 5.75 Å². The average molecular weight is 441 g/mol. The van der Waals surface area contributed by atoms with Gasteiger partial charge in [-0.2, -0.15) is 0 Å². The first-order valence-corrected chi connectivity index (χ1v) is 11.1. The molecule has 1 fully saturated rings. The Balaban J connectivity index is 1.92. The molecule has 0 unspecified atom stereocenters. The van der Waals surface area contributed by atoms with Crippen molar-refractivity contribution in [2.75, 3.05) is 24.9 Å². The van der Waals surface area contributed by atoms with E-state index in [0.29, 0.717) is 18.8 Å². The first-order chi connectivity index (χ1) is 13.8. The number of likely N-dealkylation sites (tertiary alicyclic amines) is 1. The van der Waals surface area contributed by atoms with Gasteiger partial charge in [0.15, 0.2) is 0 Å². The van der Waals surface area contributed by atoms with Crippen molar-refractivity contribution < 1.29 is 22.3 Å². The molecule has 156 valence electrons. The van der Waals surface area contributed by atoms with Crippen LogP contribution in [0.1, 0.15) is 36.0 Å². The molecular formula is C20H22ClFN2O4S. The van der Waals surface area contributed by atoms with Crippen LogP contribution in [0, 0.1) is 5.82 Å². The number of methoxy groups -OCH3 is 1. The number of anilines is 1. The second kappa shape index (κ2) is 9.00. The molecule has 6 nitrogen and oxygen atoms in total. The Morgan fingerprint density at radius 2 is 1.79 bits per heavy atom. The summed E-state index contributed by atoms with van der Waals surface area (Å²) in [5.74, 6) is -0.599. The molecule has 2 aromatic carbocycles. The third kappa shape index (κ3) is 5.00. The Morgan fingerprint density at radius 3 is 2.41 bits per heavy atom. The molecule has 0 aromatic heterocycles. The third-order valence-corrected chi connectivity index (χ3v) is 6.45. The highest BCUT2D eigenvalue weighted by atomic mass is 35.5. The Morgan fingerprint density at radius 1 is 1.10 bits per heavy atom. The van der Waals surface area contributed by atoms with Crippen LogP contribution in [0.2, 0.25) is 5.02 Å². The van der Waals surface area contributed by atoms with E-state index in [0.717, 1.165) is 31.7 Å². The van der Waals surface area contributed by atoms with Gasteiger partial charge in [-0.3, -0.25) is 9.52 Å². The number of carbonyl (C=O) groups is 1. The minimum atomic E-state index is -4.02. The zero-order valence-corrected chi connectivity index (χ0v) is 17.5. The number of nitrogens with zero attached hydrogens (tertiary/aromatic N) is 1. The van der Waals surface area contributed by atoms with Crippen LogP contribution < -0.4 is 9.46 Å². The van der Waals surface area contributed by atoms with Crippen LogP contribution in [-0.4, -0.2) is 39.4 Å². The summed E-state index contributed by atoms with van der Waals surface area (Å²) in [6.07, 6.45) is 3.97. The van der Waals surface area contributed by atoms with Crippen LogP contribution in [0.4, 0.5) is 10.1 Å². The van der Waals surface area contributed by atoms with Gasteiger partial charge in [-0.15, -0.1) is 0 Å². The molecule has 1 amide bonds. The van der Waals surface area contributed by atoms with Crippen LogP contribution in [0.25, 0.3) is 0 Å². The highest BCUT2D eigenvalue weighted by molar-refractivity contribution is 7.92. The van der Waals surface area contributed by atoms with Gasteiger partial charge in [0.2, 0.25) is 0 Å². The summed E-state index contributed by atoms with van der Waals surface area (Å²) in [4.78, 5) is 14.7. The number of hydrogen-bond acceptors (Lipinski definition) is 4. The normalized spacial score (nSPS) is 14.9. The van der Waals surface area contributed by atoms with E-state index in [1.807, 2.05) is 0 Å². The number of nitrogens with one attached hydrogen (secondary N) is 1. The smallest absolute Gasteiger partial charge is 0.261 e. The largest absolute Gasteiger partial charge is 0.496 e. The van der Waals surface area contributed by atoms with Crippen LogP contribution in [0.3, 0.4) is 0 Å². The van der Waals surface area contributed by atoms with Gasteiger partial charge in [-0.1, -0.05) is 24.4 Å². The molecule has 0 radical (unpaired) electrons. The average Bonchev–Trinajstić information content (AvgIpc) is 2.99. The predicted octanol–water partition coefficient (Wildman–Crippen LogP) is 4.30. The lowest BCUT2D eigenvalue weighted by Gasteiger charge is -2.22. The zero-order valence-electron chi connectivity index (χ0n) is 16.0.